The number of nitrogens with zero attached hydrogens (tertiary/aromatic N) is 3. The number of hydrogen-bond donors (Lipinski definition) is 1. The number of aromatic nitrogens is 2. The molecule has 0 saturated carbocycles. The van der Waals surface area contributed by atoms with Crippen LogP contribution >= 0.6 is 0 Å². The van der Waals surface area contributed by atoms with Crippen molar-refractivity contribution in [1.29, 1.82) is 0 Å². The van der Waals surface area contributed by atoms with Crippen LogP contribution in [0.25, 0.3) is 0 Å². The molecule has 0 radical (unpaired) electrons. The molecule has 1 aliphatic rings. The van der Waals surface area contributed by atoms with E-state index in [1.807, 2.05) is 4.90 Å². The van der Waals surface area contributed by atoms with E-state index in [-0.39, 0.29) is 6.03 Å². The van der Waals surface area contributed by atoms with E-state index in [9.17, 15) is 4.79 Å². The molecule has 0 spiro atoms. The average Bonchev–Trinajstić information content (AvgIpc) is 2.73. The van der Waals surface area contributed by atoms with E-state index in [1.54, 1.807) is 6.92 Å². The van der Waals surface area contributed by atoms with Crippen LogP contribution in [-0.4, -0.2) is 34.2 Å². The third kappa shape index (κ3) is 3.18. The number of carbonyl (C=O) groups excluding carboxylic acids is 1. The summed E-state index contributed by atoms with van der Waals surface area (Å²) in [5, 5.41) is 6.52. The van der Waals surface area contributed by atoms with Crippen LogP contribution in [0.2, 0.25) is 0 Å². The van der Waals surface area contributed by atoms with Crippen LogP contribution < -0.4 is 5.32 Å². The van der Waals surface area contributed by atoms with Crippen molar-refractivity contribution in [1.82, 2.24) is 20.4 Å². The van der Waals surface area contributed by atoms with Crippen molar-refractivity contribution in [2.45, 2.75) is 33.2 Å². The molecular formula is C11H18N4O2. The second kappa shape index (κ2) is 5.16. The lowest BCUT2D eigenvalue weighted by Gasteiger charge is -2.30. The number of aryl methyl sites for hydroxylation is 1. The maximum absolute atomic E-state index is 11.8. The molecule has 2 rings (SSSR count). The summed E-state index contributed by atoms with van der Waals surface area (Å²) in [5.74, 6) is 1.75. The van der Waals surface area contributed by atoms with Gasteiger partial charge in [-0.2, -0.15) is 4.98 Å². The summed E-state index contributed by atoms with van der Waals surface area (Å²) in [6.07, 6.45) is 2.16. The Balaban J connectivity index is 1.77. The zero-order valence-electron chi connectivity index (χ0n) is 10.3. The number of rotatable bonds is 2. The third-order valence-corrected chi connectivity index (χ3v) is 3.04. The van der Waals surface area contributed by atoms with Gasteiger partial charge in [-0.1, -0.05) is 12.1 Å². The molecule has 1 fully saturated rings. The number of carbonyl (C=O) groups is 1. The molecule has 1 saturated heterocycles. The van der Waals surface area contributed by atoms with Gasteiger partial charge < -0.3 is 14.7 Å². The summed E-state index contributed by atoms with van der Waals surface area (Å²) in [6.45, 7) is 5.93. The predicted molar refractivity (Wildman–Crippen MR) is 61.2 cm³/mol. The standard InChI is InChI=1S/C11H18N4O2/c1-8-3-5-15(6-4-8)11(16)12-7-10-13-9(2)17-14-10/h8H,3-7H2,1-2H3,(H,12,16). The number of likely N-dealkylation sites (tertiary alicyclic amines) is 1. The SMILES string of the molecule is Cc1nc(CNC(=O)N2CCC(C)CC2)no1. The second-order valence-corrected chi connectivity index (χ2v) is 4.56. The minimum atomic E-state index is -0.0423. The van der Waals surface area contributed by atoms with Crippen LogP contribution in [-0.2, 0) is 6.54 Å². The fraction of sp³-hybridized carbons (Fsp3) is 0.727. The Morgan fingerprint density at radius 2 is 2.24 bits per heavy atom. The third-order valence-electron chi connectivity index (χ3n) is 3.04. The summed E-state index contributed by atoms with van der Waals surface area (Å²) in [5.41, 5.74) is 0. The summed E-state index contributed by atoms with van der Waals surface area (Å²) >= 11 is 0. The first kappa shape index (κ1) is 11.9. The van der Waals surface area contributed by atoms with Gasteiger partial charge in [-0.05, 0) is 18.8 Å². The van der Waals surface area contributed by atoms with Crippen LogP contribution in [0.15, 0.2) is 4.52 Å². The lowest BCUT2D eigenvalue weighted by molar-refractivity contribution is 0.173. The maximum Gasteiger partial charge on any atom is 0.317 e. The summed E-state index contributed by atoms with van der Waals surface area (Å²) < 4.78 is 4.83. The van der Waals surface area contributed by atoms with E-state index in [2.05, 4.69) is 22.4 Å². The predicted octanol–water partition coefficient (Wildman–Crippen LogP) is 1.32. The lowest BCUT2D eigenvalue weighted by Crippen LogP contribution is -2.43. The topological polar surface area (TPSA) is 71.3 Å². The fourth-order valence-electron chi connectivity index (χ4n) is 1.89. The molecular weight excluding hydrogens is 220 g/mol. The van der Waals surface area contributed by atoms with Crippen LogP contribution in [0.3, 0.4) is 0 Å². The summed E-state index contributed by atoms with van der Waals surface area (Å²) in [4.78, 5) is 17.7. The van der Waals surface area contributed by atoms with Crippen LogP contribution in [0.5, 0.6) is 0 Å². The molecule has 1 aromatic heterocycles. The number of hydrogen-bond acceptors (Lipinski definition) is 4. The number of nitrogens with one attached hydrogen (secondary N) is 1. The highest BCUT2D eigenvalue weighted by molar-refractivity contribution is 5.74. The molecule has 2 amide bonds. The highest BCUT2D eigenvalue weighted by Gasteiger charge is 2.20. The fourth-order valence-corrected chi connectivity index (χ4v) is 1.89. The average molecular weight is 238 g/mol. The van der Waals surface area contributed by atoms with Crippen molar-refractivity contribution in [3.63, 3.8) is 0 Å². The zero-order valence-corrected chi connectivity index (χ0v) is 10.3. The Labute approximate surface area is 100 Å². The minimum absolute atomic E-state index is 0.0423. The van der Waals surface area contributed by atoms with Gasteiger partial charge in [0.25, 0.3) is 0 Å². The molecule has 2 heterocycles. The molecule has 1 N–H and O–H groups in total. The van der Waals surface area contributed by atoms with Gasteiger partial charge in [0.05, 0.1) is 6.54 Å². The van der Waals surface area contributed by atoms with E-state index in [0.29, 0.717) is 18.3 Å². The van der Waals surface area contributed by atoms with Gasteiger partial charge in [-0.25, -0.2) is 4.79 Å². The maximum atomic E-state index is 11.8. The molecule has 0 bridgehead atoms. The van der Waals surface area contributed by atoms with E-state index < -0.39 is 0 Å². The van der Waals surface area contributed by atoms with E-state index in [1.165, 1.54) is 0 Å². The van der Waals surface area contributed by atoms with Crippen molar-refractivity contribution < 1.29 is 9.32 Å². The molecule has 94 valence electrons. The van der Waals surface area contributed by atoms with Crippen molar-refractivity contribution in [3.8, 4) is 0 Å². The molecule has 17 heavy (non-hydrogen) atoms. The number of amides is 2. The normalized spacial score (nSPS) is 17.2. The largest absolute Gasteiger partial charge is 0.340 e. The molecule has 0 aromatic carbocycles. The first-order valence-electron chi connectivity index (χ1n) is 5.97. The van der Waals surface area contributed by atoms with Gasteiger partial charge in [0.2, 0.25) is 5.89 Å². The quantitative estimate of drug-likeness (QED) is 0.843. The first-order chi connectivity index (χ1) is 8.15. The molecule has 6 nitrogen and oxygen atoms in total. The van der Waals surface area contributed by atoms with Crippen molar-refractivity contribution >= 4 is 6.03 Å². The van der Waals surface area contributed by atoms with Gasteiger partial charge in [0, 0.05) is 20.0 Å². The van der Waals surface area contributed by atoms with Crippen LogP contribution in [0.4, 0.5) is 4.79 Å². The first-order valence-corrected chi connectivity index (χ1v) is 5.97. The number of piperidine rings is 1. The highest BCUT2D eigenvalue weighted by Crippen LogP contribution is 2.15. The molecule has 0 aliphatic carbocycles. The minimum Gasteiger partial charge on any atom is -0.340 e. The van der Waals surface area contributed by atoms with Crippen LogP contribution in [0.1, 0.15) is 31.5 Å². The summed E-state index contributed by atoms with van der Waals surface area (Å²) in [7, 11) is 0. The monoisotopic (exact) mass is 238 g/mol. The van der Waals surface area contributed by atoms with Crippen molar-refractivity contribution in [2.75, 3.05) is 13.1 Å². The van der Waals surface area contributed by atoms with Crippen molar-refractivity contribution in [3.05, 3.63) is 11.7 Å². The Bertz CT molecular complexity index is 383. The molecule has 1 aromatic rings. The highest BCUT2D eigenvalue weighted by atomic mass is 16.5. The Hall–Kier alpha value is -1.59. The second-order valence-electron chi connectivity index (χ2n) is 4.56. The van der Waals surface area contributed by atoms with E-state index >= 15 is 0 Å². The van der Waals surface area contributed by atoms with E-state index in [4.69, 9.17) is 4.52 Å². The van der Waals surface area contributed by atoms with Gasteiger partial charge in [0.1, 0.15) is 0 Å². The van der Waals surface area contributed by atoms with Gasteiger partial charge in [-0.15, -0.1) is 0 Å². The Kier molecular flexibility index (Phi) is 3.61. The zero-order chi connectivity index (χ0) is 12.3. The van der Waals surface area contributed by atoms with Gasteiger partial charge >= 0.3 is 6.03 Å². The van der Waals surface area contributed by atoms with E-state index in [0.717, 1.165) is 31.8 Å². The Morgan fingerprint density at radius 3 is 2.82 bits per heavy atom. The Morgan fingerprint density at radius 1 is 1.53 bits per heavy atom. The van der Waals surface area contributed by atoms with Gasteiger partial charge in [-0.3, -0.25) is 0 Å². The van der Waals surface area contributed by atoms with Crippen molar-refractivity contribution in [2.24, 2.45) is 5.92 Å². The smallest absolute Gasteiger partial charge is 0.317 e. The van der Waals surface area contributed by atoms with Crippen LogP contribution in [0, 0.1) is 12.8 Å². The molecule has 1 aliphatic heterocycles. The molecule has 0 atom stereocenters. The lowest BCUT2D eigenvalue weighted by atomic mass is 10.00. The summed E-state index contributed by atoms with van der Waals surface area (Å²) in [6, 6.07) is -0.0423. The van der Waals surface area contributed by atoms with Gasteiger partial charge in [0.15, 0.2) is 5.82 Å². The molecule has 6 heteroatoms. The number of urea groups is 1. The molecule has 0 unspecified atom stereocenters.